The number of nitrogens with zero attached hydrogens (tertiary/aromatic N) is 2. The fraction of sp³-hybridized carbons (Fsp3) is 0.333. The first kappa shape index (κ1) is 26.1. The number of benzene rings is 3. The molecule has 1 aliphatic heterocycles. The number of nitrogens with one attached hydrogen (secondary N) is 1. The van der Waals surface area contributed by atoms with Crippen LogP contribution in [0.1, 0.15) is 35.7 Å². The average Bonchev–Trinajstić information content (AvgIpc) is 2.94. The molecule has 0 bridgehead atoms. The van der Waals surface area contributed by atoms with Gasteiger partial charge >= 0.3 is 0 Å². The van der Waals surface area contributed by atoms with Crippen molar-refractivity contribution in [2.75, 3.05) is 50.1 Å². The highest BCUT2D eigenvalue weighted by Gasteiger charge is 2.21. The lowest BCUT2D eigenvalue weighted by Gasteiger charge is -2.36. The summed E-state index contributed by atoms with van der Waals surface area (Å²) in [4.78, 5) is 29.6. The van der Waals surface area contributed by atoms with Gasteiger partial charge < -0.3 is 24.6 Å². The third kappa shape index (κ3) is 7.26. The Morgan fingerprint density at radius 3 is 2.11 bits per heavy atom. The van der Waals surface area contributed by atoms with E-state index >= 15 is 0 Å². The van der Waals surface area contributed by atoms with Crippen LogP contribution in [0, 0.1) is 0 Å². The van der Waals surface area contributed by atoms with Gasteiger partial charge in [0, 0.05) is 43.1 Å². The van der Waals surface area contributed by atoms with Gasteiger partial charge in [0.1, 0.15) is 11.5 Å². The zero-order chi connectivity index (χ0) is 26.0. The van der Waals surface area contributed by atoms with Crippen molar-refractivity contribution in [3.05, 3.63) is 83.9 Å². The number of hydrogen-bond acceptors (Lipinski definition) is 5. The van der Waals surface area contributed by atoms with E-state index in [-0.39, 0.29) is 11.8 Å². The third-order valence-electron chi connectivity index (χ3n) is 6.52. The first-order chi connectivity index (χ1) is 18.1. The number of anilines is 2. The van der Waals surface area contributed by atoms with Crippen LogP contribution in [0.5, 0.6) is 11.5 Å². The SMILES string of the molecule is CCCCOc1ccc(C(=O)Nc2ccc(N3CCN(C(=O)Cc4ccc(OC)cc4)CC3)cc2)cc1. The first-order valence-corrected chi connectivity index (χ1v) is 12.9. The summed E-state index contributed by atoms with van der Waals surface area (Å²) in [7, 11) is 1.63. The predicted molar refractivity (Wildman–Crippen MR) is 147 cm³/mol. The van der Waals surface area contributed by atoms with E-state index in [1.165, 1.54) is 0 Å². The molecular weight excluding hydrogens is 466 g/mol. The summed E-state index contributed by atoms with van der Waals surface area (Å²) in [5, 5.41) is 2.95. The molecule has 1 aliphatic rings. The maximum Gasteiger partial charge on any atom is 0.255 e. The van der Waals surface area contributed by atoms with Crippen LogP contribution in [-0.2, 0) is 11.2 Å². The van der Waals surface area contributed by atoms with E-state index in [0.29, 0.717) is 31.7 Å². The fourth-order valence-corrected chi connectivity index (χ4v) is 4.24. The van der Waals surface area contributed by atoms with Crippen molar-refractivity contribution < 1.29 is 19.1 Å². The monoisotopic (exact) mass is 501 g/mol. The van der Waals surface area contributed by atoms with Gasteiger partial charge in [0.25, 0.3) is 5.91 Å². The zero-order valence-corrected chi connectivity index (χ0v) is 21.6. The minimum absolute atomic E-state index is 0.142. The highest BCUT2D eigenvalue weighted by molar-refractivity contribution is 6.04. The predicted octanol–water partition coefficient (Wildman–Crippen LogP) is 5.02. The van der Waals surface area contributed by atoms with E-state index in [2.05, 4.69) is 17.1 Å². The van der Waals surface area contributed by atoms with E-state index < -0.39 is 0 Å². The van der Waals surface area contributed by atoms with Crippen molar-refractivity contribution in [2.45, 2.75) is 26.2 Å². The summed E-state index contributed by atoms with van der Waals surface area (Å²) in [5.74, 6) is 1.55. The number of carbonyl (C=O) groups excluding carboxylic acids is 2. The van der Waals surface area contributed by atoms with Gasteiger partial charge in [0.2, 0.25) is 5.91 Å². The second-order valence-corrected chi connectivity index (χ2v) is 9.12. The number of rotatable bonds is 10. The lowest BCUT2D eigenvalue weighted by molar-refractivity contribution is -0.130. The number of unbranched alkanes of at least 4 members (excludes halogenated alkanes) is 1. The van der Waals surface area contributed by atoms with E-state index in [4.69, 9.17) is 9.47 Å². The fourth-order valence-electron chi connectivity index (χ4n) is 4.24. The Kier molecular flexibility index (Phi) is 9.03. The van der Waals surface area contributed by atoms with Gasteiger partial charge in [0.15, 0.2) is 0 Å². The maximum absolute atomic E-state index is 12.7. The highest BCUT2D eigenvalue weighted by Crippen LogP contribution is 2.21. The van der Waals surface area contributed by atoms with Gasteiger partial charge in [-0.05, 0) is 72.6 Å². The number of hydrogen-bond donors (Lipinski definition) is 1. The van der Waals surface area contributed by atoms with Gasteiger partial charge in [-0.15, -0.1) is 0 Å². The smallest absolute Gasteiger partial charge is 0.255 e. The second-order valence-electron chi connectivity index (χ2n) is 9.12. The molecule has 0 atom stereocenters. The Morgan fingerprint density at radius 2 is 1.49 bits per heavy atom. The molecule has 2 amide bonds. The molecule has 0 aliphatic carbocycles. The molecule has 0 aromatic heterocycles. The molecule has 0 spiro atoms. The van der Waals surface area contributed by atoms with Gasteiger partial charge in [-0.3, -0.25) is 9.59 Å². The molecule has 0 radical (unpaired) electrons. The first-order valence-electron chi connectivity index (χ1n) is 12.9. The van der Waals surface area contributed by atoms with Crippen LogP contribution in [0.4, 0.5) is 11.4 Å². The topological polar surface area (TPSA) is 71.1 Å². The summed E-state index contributed by atoms with van der Waals surface area (Å²) < 4.78 is 10.8. The number of amides is 2. The summed E-state index contributed by atoms with van der Waals surface area (Å²) in [5.41, 5.74) is 3.39. The highest BCUT2D eigenvalue weighted by atomic mass is 16.5. The number of carbonyl (C=O) groups is 2. The van der Waals surface area contributed by atoms with Crippen molar-refractivity contribution in [1.29, 1.82) is 0 Å². The molecule has 7 heteroatoms. The third-order valence-corrected chi connectivity index (χ3v) is 6.52. The molecule has 1 heterocycles. The standard InChI is InChI=1S/C30H35N3O4/c1-3-4-21-37-28-15-7-24(8-16-28)30(35)31-25-9-11-26(12-10-25)32-17-19-33(20-18-32)29(34)22-23-5-13-27(36-2)14-6-23/h5-16H,3-4,17-22H2,1-2H3,(H,31,35). The van der Waals surface area contributed by atoms with Crippen LogP contribution >= 0.6 is 0 Å². The molecular formula is C30H35N3O4. The molecule has 3 aromatic rings. The lowest BCUT2D eigenvalue weighted by Crippen LogP contribution is -2.49. The Labute approximate surface area is 219 Å². The molecule has 1 saturated heterocycles. The van der Waals surface area contributed by atoms with Crippen molar-refractivity contribution in [3.63, 3.8) is 0 Å². The Morgan fingerprint density at radius 1 is 0.838 bits per heavy atom. The molecule has 4 rings (SSSR count). The van der Waals surface area contributed by atoms with Crippen LogP contribution in [0.25, 0.3) is 0 Å². The van der Waals surface area contributed by atoms with E-state index in [1.54, 1.807) is 19.2 Å². The normalized spacial score (nSPS) is 13.2. The van der Waals surface area contributed by atoms with Crippen molar-refractivity contribution >= 4 is 23.2 Å². The van der Waals surface area contributed by atoms with Gasteiger partial charge in [0.05, 0.1) is 20.1 Å². The van der Waals surface area contributed by atoms with Crippen LogP contribution < -0.4 is 19.7 Å². The summed E-state index contributed by atoms with van der Waals surface area (Å²) >= 11 is 0. The average molecular weight is 502 g/mol. The number of ether oxygens (including phenoxy) is 2. The lowest BCUT2D eigenvalue weighted by atomic mass is 10.1. The van der Waals surface area contributed by atoms with Gasteiger partial charge in [-0.1, -0.05) is 25.5 Å². The number of methoxy groups -OCH3 is 1. The van der Waals surface area contributed by atoms with Gasteiger partial charge in [-0.25, -0.2) is 0 Å². The molecule has 194 valence electrons. The van der Waals surface area contributed by atoms with Crippen LogP contribution in [0.15, 0.2) is 72.8 Å². The van der Waals surface area contributed by atoms with Crippen LogP contribution in [0.2, 0.25) is 0 Å². The van der Waals surface area contributed by atoms with Gasteiger partial charge in [-0.2, -0.15) is 0 Å². The van der Waals surface area contributed by atoms with Crippen LogP contribution in [0.3, 0.4) is 0 Å². The summed E-state index contributed by atoms with van der Waals surface area (Å²) in [6.07, 6.45) is 2.49. The Bertz CT molecular complexity index is 1150. The van der Waals surface area contributed by atoms with Crippen molar-refractivity contribution in [1.82, 2.24) is 4.90 Å². The van der Waals surface area contributed by atoms with E-state index in [1.807, 2.05) is 65.6 Å². The minimum atomic E-state index is -0.156. The molecule has 37 heavy (non-hydrogen) atoms. The largest absolute Gasteiger partial charge is 0.497 e. The minimum Gasteiger partial charge on any atom is -0.497 e. The summed E-state index contributed by atoms with van der Waals surface area (Å²) in [6.45, 7) is 5.72. The Hall–Kier alpha value is -4.00. The van der Waals surface area contributed by atoms with Crippen molar-refractivity contribution in [3.8, 4) is 11.5 Å². The summed E-state index contributed by atoms with van der Waals surface area (Å²) in [6, 6.07) is 22.7. The molecule has 0 unspecified atom stereocenters. The van der Waals surface area contributed by atoms with E-state index in [9.17, 15) is 9.59 Å². The molecule has 3 aromatic carbocycles. The van der Waals surface area contributed by atoms with E-state index in [0.717, 1.165) is 54.4 Å². The van der Waals surface area contributed by atoms with Crippen molar-refractivity contribution in [2.24, 2.45) is 0 Å². The number of piperazine rings is 1. The molecule has 7 nitrogen and oxygen atoms in total. The molecule has 1 N–H and O–H groups in total. The molecule has 1 fully saturated rings. The second kappa shape index (κ2) is 12.8. The zero-order valence-electron chi connectivity index (χ0n) is 21.6. The maximum atomic E-state index is 12.7. The molecule has 0 saturated carbocycles. The Balaban J connectivity index is 1.24. The van der Waals surface area contributed by atoms with Crippen LogP contribution in [-0.4, -0.2) is 56.6 Å². The quantitative estimate of drug-likeness (QED) is 0.395.